The third kappa shape index (κ3) is 1.39. The van der Waals surface area contributed by atoms with Gasteiger partial charge in [-0.1, -0.05) is 47.5 Å². The predicted molar refractivity (Wildman–Crippen MR) is 89.5 cm³/mol. The summed E-state index contributed by atoms with van der Waals surface area (Å²) in [6, 6.07) is 14.7. The Labute approximate surface area is 148 Å². The average molecular weight is 359 g/mol. The minimum atomic E-state index is -0.635. The van der Waals surface area contributed by atoms with Crippen molar-refractivity contribution in [3.8, 4) is 0 Å². The van der Waals surface area contributed by atoms with Crippen LogP contribution in [0.4, 0.5) is 0 Å². The summed E-state index contributed by atoms with van der Waals surface area (Å²) in [7, 11) is 0. The highest BCUT2D eigenvalue weighted by atomic mass is 35.5. The van der Waals surface area contributed by atoms with E-state index in [0.717, 1.165) is 11.1 Å². The van der Waals surface area contributed by atoms with Gasteiger partial charge in [-0.2, -0.15) is 0 Å². The Morgan fingerprint density at radius 2 is 1.00 bits per heavy atom. The van der Waals surface area contributed by atoms with E-state index in [2.05, 4.69) is 10.6 Å². The van der Waals surface area contributed by atoms with Crippen LogP contribution in [-0.2, 0) is 20.7 Å². The molecule has 2 aliphatic heterocycles. The molecule has 2 aromatic rings. The van der Waals surface area contributed by atoms with Gasteiger partial charge < -0.3 is 10.6 Å². The topological polar surface area (TPSA) is 58.2 Å². The number of carbonyl (C=O) groups is 2. The second kappa shape index (κ2) is 4.32. The molecule has 3 fully saturated rings. The maximum Gasteiger partial charge on any atom is 0.229 e. The number of rotatable bonds is 2. The van der Waals surface area contributed by atoms with E-state index in [1.807, 2.05) is 24.3 Å². The van der Waals surface area contributed by atoms with Gasteiger partial charge in [0.25, 0.3) is 0 Å². The lowest BCUT2D eigenvalue weighted by Gasteiger charge is -2.77. The van der Waals surface area contributed by atoms with E-state index in [4.69, 9.17) is 23.2 Å². The van der Waals surface area contributed by atoms with Crippen molar-refractivity contribution in [1.29, 1.82) is 0 Å². The standard InChI is InChI=1S/C18H12Cl2N2O2/c19-11-5-1-9(2-6-11)17-13(15(23)21-17)18(14(17)16(24)22-18)10-3-7-12(20)8-4-10/h1-8,13-14H,(H,21,23)(H,22,24). The van der Waals surface area contributed by atoms with Crippen molar-refractivity contribution in [2.75, 3.05) is 0 Å². The zero-order valence-electron chi connectivity index (χ0n) is 12.3. The van der Waals surface area contributed by atoms with Gasteiger partial charge in [-0.3, -0.25) is 9.59 Å². The van der Waals surface area contributed by atoms with Crippen molar-refractivity contribution in [3.63, 3.8) is 0 Å². The summed E-state index contributed by atoms with van der Waals surface area (Å²) >= 11 is 11.9. The Morgan fingerprint density at radius 3 is 1.29 bits per heavy atom. The predicted octanol–water partition coefficient (Wildman–Crippen LogP) is 2.59. The first kappa shape index (κ1) is 14.3. The fourth-order valence-corrected chi connectivity index (χ4v) is 4.98. The molecule has 6 heteroatoms. The zero-order chi connectivity index (χ0) is 16.7. The lowest BCUT2D eigenvalue weighted by Crippen LogP contribution is -2.97. The van der Waals surface area contributed by atoms with E-state index < -0.39 is 11.1 Å². The van der Waals surface area contributed by atoms with E-state index in [1.165, 1.54) is 0 Å². The summed E-state index contributed by atoms with van der Waals surface area (Å²) in [6.07, 6.45) is 0. The molecule has 0 atom stereocenters. The molecular formula is C18H12Cl2N2O2. The summed E-state index contributed by atoms with van der Waals surface area (Å²) in [6.45, 7) is 0. The minimum Gasteiger partial charge on any atom is -0.344 e. The number of fused-ring (bicyclic) bond motifs is 4. The van der Waals surface area contributed by atoms with Crippen LogP contribution in [0.1, 0.15) is 11.1 Å². The first-order chi connectivity index (χ1) is 11.5. The van der Waals surface area contributed by atoms with Crippen LogP contribution in [-0.4, -0.2) is 11.8 Å². The lowest BCUT2D eigenvalue weighted by atomic mass is 9.35. The maximum absolute atomic E-state index is 12.4. The normalized spacial score (nSPS) is 35.4. The van der Waals surface area contributed by atoms with Crippen molar-refractivity contribution in [1.82, 2.24) is 10.6 Å². The molecule has 0 unspecified atom stereocenters. The van der Waals surface area contributed by atoms with Gasteiger partial charge in [-0.15, -0.1) is 0 Å². The van der Waals surface area contributed by atoms with E-state index in [0.29, 0.717) is 10.0 Å². The summed E-state index contributed by atoms with van der Waals surface area (Å²) in [5.41, 5.74) is 0.565. The average Bonchev–Trinajstić information content (AvgIpc) is 2.53. The van der Waals surface area contributed by atoms with Crippen molar-refractivity contribution >= 4 is 35.0 Å². The van der Waals surface area contributed by atoms with Crippen molar-refractivity contribution in [2.45, 2.75) is 11.1 Å². The first-order valence-electron chi connectivity index (χ1n) is 7.66. The molecule has 120 valence electrons. The fraction of sp³-hybridized carbons (Fsp3) is 0.222. The van der Waals surface area contributed by atoms with Gasteiger partial charge in [0.05, 0.1) is 22.9 Å². The molecule has 2 heterocycles. The van der Waals surface area contributed by atoms with Gasteiger partial charge in [0, 0.05) is 10.0 Å². The van der Waals surface area contributed by atoms with Gasteiger partial charge in [0.15, 0.2) is 0 Å². The molecule has 4 nitrogen and oxygen atoms in total. The highest BCUT2D eigenvalue weighted by molar-refractivity contribution is 6.30. The van der Waals surface area contributed by atoms with Gasteiger partial charge in [-0.25, -0.2) is 0 Å². The molecule has 0 spiro atoms. The second-order valence-corrected chi connectivity index (χ2v) is 7.47. The van der Waals surface area contributed by atoms with Crippen LogP contribution >= 0.6 is 23.2 Å². The molecule has 0 radical (unpaired) electrons. The van der Waals surface area contributed by atoms with Crippen LogP contribution in [0.3, 0.4) is 0 Å². The Bertz CT molecular complexity index is 809. The maximum atomic E-state index is 12.4. The van der Waals surface area contributed by atoms with Gasteiger partial charge in [0.2, 0.25) is 11.8 Å². The number of piperidine rings is 2. The first-order valence-corrected chi connectivity index (χ1v) is 8.42. The van der Waals surface area contributed by atoms with Gasteiger partial charge in [-0.05, 0) is 35.4 Å². The van der Waals surface area contributed by atoms with Crippen molar-refractivity contribution in [3.05, 3.63) is 69.7 Å². The molecule has 0 bridgehead atoms. The number of benzene rings is 2. The molecular weight excluding hydrogens is 347 g/mol. The summed E-state index contributed by atoms with van der Waals surface area (Å²) in [5, 5.41) is 7.23. The summed E-state index contributed by atoms with van der Waals surface area (Å²) < 4.78 is 0. The van der Waals surface area contributed by atoms with E-state index in [-0.39, 0.29) is 23.7 Å². The highest BCUT2D eigenvalue weighted by Crippen LogP contribution is 2.71. The monoisotopic (exact) mass is 358 g/mol. The van der Waals surface area contributed by atoms with E-state index in [1.54, 1.807) is 24.3 Å². The SMILES string of the molecule is O=C1NC2(c3ccc(Cl)cc3)C1C1(c3ccc(Cl)cc3)NC(=O)C21. The third-order valence-corrected chi connectivity index (χ3v) is 6.15. The number of hydrogen-bond acceptors (Lipinski definition) is 2. The van der Waals surface area contributed by atoms with Crippen LogP contribution in [0.25, 0.3) is 0 Å². The largest absolute Gasteiger partial charge is 0.344 e. The van der Waals surface area contributed by atoms with Crippen LogP contribution in [0.5, 0.6) is 0 Å². The van der Waals surface area contributed by atoms with Crippen LogP contribution in [0.2, 0.25) is 10.0 Å². The molecule has 24 heavy (non-hydrogen) atoms. The quantitative estimate of drug-likeness (QED) is 0.810. The van der Waals surface area contributed by atoms with E-state index >= 15 is 0 Å². The highest BCUT2D eigenvalue weighted by Gasteiger charge is 2.87. The summed E-state index contributed by atoms with van der Waals surface area (Å²) in [4.78, 5) is 24.7. The molecule has 2 saturated heterocycles. The van der Waals surface area contributed by atoms with Crippen LogP contribution in [0.15, 0.2) is 48.5 Å². The van der Waals surface area contributed by atoms with Gasteiger partial charge >= 0.3 is 0 Å². The molecule has 0 aromatic heterocycles. The second-order valence-electron chi connectivity index (χ2n) is 6.60. The Hall–Kier alpha value is -2.04. The Balaban J connectivity index is 1.64. The number of nitrogens with one attached hydrogen (secondary N) is 2. The zero-order valence-corrected chi connectivity index (χ0v) is 13.9. The van der Waals surface area contributed by atoms with Crippen molar-refractivity contribution in [2.24, 2.45) is 11.8 Å². The van der Waals surface area contributed by atoms with Gasteiger partial charge in [0.1, 0.15) is 0 Å². The number of amides is 2. The molecule has 5 rings (SSSR count). The molecule has 1 aliphatic carbocycles. The van der Waals surface area contributed by atoms with Crippen molar-refractivity contribution < 1.29 is 9.59 Å². The van der Waals surface area contributed by atoms with E-state index in [9.17, 15) is 9.59 Å². The molecule has 1 saturated carbocycles. The molecule has 3 aliphatic rings. The molecule has 2 amide bonds. The number of β-lactam (4-membered cyclic amide) rings is 2. The minimum absolute atomic E-state index is 0.0452. The number of carbonyl (C=O) groups excluding carboxylic acids is 2. The fourth-order valence-electron chi connectivity index (χ4n) is 4.73. The smallest absolute Gasteiger partial charge is 0.229 e. The van der Waals surface area contributed by atoms with Crippen LogP contribution in [0, 0.1) is 11.8 Å². The van der Waals surface area contributed by atoms with Crippen LogP contribution < -0.4 is 10.6 Å². The Kier molecular flexibility index (Phi) is 2.58. The number of halogens is 2. The molecule has 2 aromatic carbocycles. The summed E-state index contributed by atoms with van der Waals surface area (Å²) in [5.74, 6) is -0.739. The molecule has 2 N–H and O–H groups in total. The number of hydrogen-bond donors (Lipinski definition) is 2. The lowest BCUT2D eigenvalue weighted by molar-refractivity contribution is -0.230. The Morgan fingerprint density at radius 1 is 0.667 bits per heavy atom. The third-order valence-electron chi connectivity index (χ3n) is 5.65.